The first-order valence-corrected chi connectivity index (χ1v) is 5.62. The van der Waals surface area contributed by atoms with Crippen molar-refractivity contribution in [2.75, 3.05) is 0 Å². The minimum Gasteiger partial charge on any atom is -0.0779 e. The van der Waals surface area contributed by atoms with E-state index in [1.54, 1.807) is 6.42 Å². The lowest BCUT2D eigenvalue weighted by atomic mass is 10.0. The molecule has 2 bridgehead atoms. The summed E-state index contributed by atoms with van der Waals surface area (Å²) in [5.41, 5.74) is 0. The lowest BCUT2D eigenvalue weighted by Crippen LogP contribution is -2.01. The van der Waals surface area contributed by atoms with Crippen molar-refractivity contribution < 1.29 is 0 Å². The van der Waals surface area contributed by atoms with Gasteiger partial charge in [-0.1, -0.05) is 22.6 Å². The highest BCUT2D eigenvalue weighted by Gasteiger charge is 2.97. The van der Waals surface area contributed by atoms with Gasteiger partial charge < -0.3 is 0 Å². The lowest BCUT2D eigenvalue weighted by Gasteiger charge is -2.03. The SMILES string of the molecule is IC12C3[C@H]4[C@H]5C[C@@H]([C@H]34)[C@H]1[C@@H]52. The van der Waals surface area contributed by atoms with E-state index in [0.717, 1.165) is 3.42 Å². The van der Waals surface area contributed by atoms with Crippen LogP contribution < -0.4 is 0 Å². The zero-order chi connectivity index (χ0) is 6.25. The summed E-state index contributed by atoms with van der Waals surface area (Å²) in [5.74, 6) is 8.81. The van der Waals surface area contributed by atoms with Crippen molar-refractivity contribution in [1.29, 1.82) is 0 Å². The molecule has 1 heteroatoms. The Kier molecular flexibility index (Phi) is 0.421. The Labute approximate surface area is 73.9 Å². The summed E-state index contributed by atoms with van der Waals surface area (Å²) in [6.45, 7) is 0. The van der Waals surface area contributed by atoms with Crippen LogP contribution in [0, 0.1) is 41.4 Å². The van der Waals surface area contributed by atoms with Gasteiger partial charge in [0.1, 0.15) is 0 Å². The van der Waals surface area contributed by atoms with Crippen LogP contribution in [0.2, 0.25) is 0 Å². The molecule has 0 heterocycles. The molecule has 8 atom stereocenters. The largest absolute Gasteiger partial charge is 0.0779 e. The van der Waals surface area contributed by atoms with Crippen LogP contribution in [0.1, 0.15) is 6.42 Å². The molecule has 52 valence electrons. The topological polar surface area (TPSA) is 0 Å². The molecule has 6 aliphatic carbocycles. The molecule has 0 nitrogen and oxygen atoms in total. The van der Waals surface area contributed by atoms with Crippen LogP contribution in [0.3, 0.4) is 0 Å². The smallest absolute Gasteiger partial charge is 0.0324 e. The van der Waals surface area contributed by atoms with Crippen LogP contribution in [0.15, 0.2) is 0 Å². The number of rotatable bonds is 0. The average Bonchev–Trinajstić information content (AvgIpc) is 2.65. The molecule has 6 saturated carbocycles. The highest BCUT2D eigenvalue weighted by Crippen LogP contribution is 2.98. The van der Waals surface area contributed by atoms with Gasteiger partial charge in [-0.25, -0.2) is 0 Å². The molecular weight excluding hydrogens is 235 g/mol. The van der Waals surface area contributed by atoms with Gasteiger partial charge in [0.05, 0.1) is 0 Å². The van der Waals surface area contributed by atoms with Crippen molar-refractivity contribution in [3.05, 3.63) is 0 Å². The second-order valence-corrected chi connectivity index (χ2v) is 6.99. The highest BCUT2D eigenvalue weighted by molar-refractivity contribution is 14.1. The van der Waals surface area contributed by atoms with Crippen LogP contribution in [-0.4, -0.2) is 3.42 Å². The number of hydrogen-bond acceptors (Lipinski definition) is 0. The first-order valence-electron chi connectivity index (χ1n) is 4.54. The van der Waals surface area contributed by atoms with Crippen LogP contribution in [0.5, 0.6) is 0 Å². The van der Waals surface area contributed by atoms with Crippen molar-refractivity contribution in [3.63, 3.8) is 0 Å². The summed E-state index contributed by atoms with van der Waals surface area (Å²) in [5, 5.41) is 0. The first-order chi connectivity index (χ1) is 4.85. The minimum absolute atomic E-state index is 0.917. The van der Waals surface area contributed by atoms with Gasteiger partial charge in [0.15, 0.2) is 0 Å². The Morgan fingerprint density at radius 1 is 1.00 bits per heavy atom. The fourth-order valence-corrected chi connectivity index (χ4v) is 7.87. The third-order valence-corrected chi connectivity index (χ3v) is 7.56. The van der Waals surface area contributed by atoms with Crippen LogP contribution in [-0.2, 0) is 0 Å². The summed E-state index contributed by atoms with van der Waals surface area (Å²) in [6, 6.07) is 0. The molecule has 0 saturated heterocycles. The predicted molar refractivity (Wildman–Crippen MR) is 45.8 cm³/mol. The Morgan fingerprint density at radius 3 is 1.80 bits per heavy atom. The third-order valence-electron chi connectivity index (χ3n) is 5.40. The van der Waals surface area contributed by atoms with Gasteiger partial charge in [0.25, 0.3) is 0 Å². The van der Waals surface area contributed by atoms with Crippen LogP contribution in [0.25, 0.3) is 0 Å². The maximum Gasteiger partial charge on any atom is 0.0324 e. The summed E-state index contributed by atoms with van der Waals surface area (Å²) in [4.78, 5) is 0. The molecule has 2 unspecified atom stereocenters. The van der Waals surface area contributed by atoms with Gasteiger partial charge in [-0.05, 0) is 47.8 Å². The molecule has 6 rings (SSSR count). The maximum atomic E-state index is 2.82. The lowest BCUT2D eigenvalue weighted by molar-refractivity contribution is 0.434. The minimum atomic E-state index is 0.917. The van der Waals surface area contributed by atoms with Crippen molar-refractivity contribution in [1.82, 2.24) is 0 Å². The Balaban J connectivity index is 1.98. The molecule has 0 aliphatic heterocycles. The molecule has 0 aromatic carbocycles. The van der Waals surface area contributed by atoms with Gasteiger partial charge in [0, 0.05) is 3.42 Å². The zero-order valence-corrected chi connectivity index (χ0v) is 7.78. The molecule has 6 aliphatic rings. The molecule has 0 N–H and O–H groups in total. The van der Waals surface area contributed by atoms with E-state index in [0.29, 0.717) is 0 Å². The van der Waals surface area contributed by atoms with Crippen LogP contribution in [0.4, 0.5) is 0 Å². The van der Waals surface area contributed by atoms with E-state index in [-0.39, 0.29) is 0 Å². The Bertz CT molecular complexity index is 236. The molecule has 6 fully saturated rings. The second-order valence-electron chi connectivity index (χ2n) is 5.12. The number of hydrogen-bond donors (Lipinski definition) is 0. The standard InChI is InChI=1S/C9H9I/c10-9-6-2-1-3(7(6)9)5-4(2)8(5)9/h2-8H,1H2/t2-,3+,4-,5-,6-,7+,8?,9?/m0/s1. The van der Waals surface area contributed by atoms with E-state index in [1.165, 1.54) is 41.4 Å². The van der Waals surface area contributed by atoms with Gasteiger partial charge >= 0.3 is 0 Å². The van der Waals surface area contributed by atoms with Gasteiger partial charge in [0.2, 0.25) is 0 Å². The van der Waals surface area contributed by atoms with Crippen LogP contribution >= 0.6 is 22.6 Å². The van der Waals surface area contributed by atoms with E-state index < -0.39 is 0 Å². The quantitative estimate of drug-likeness (QED) is 0.451. The Morgan fingerprint density at radius 2 is 1.60 bits per heavy atom. The molecule has 0 radical (unpaired) electrons. The highest BCUT2D eigenvalue weighted by atomic mass is 127. The van der Waals surface area contributed by atoms with E-state index in [4.69, 9.17) is 0 Å². The van der Waals surface area contributed by atoms with Crippen molar-refractivity contribution in [2.45, 2.75) is 9.84 Å². The molecule has 0 amide bonds. The summed E-state index contributed by atoms with van der Waals surface area (Å²) in [7, 11) is 0. The second kappa shape index (κ2) is 0.898. The third kappa shape index (κ3) is 0.203. The fourth-order valence-electron chi connectivity index (χ4n) is 5.52. The molecule has 0 aromatic rings. The van der Waals surface area contributed by atoms with E-state index >= 15 is 0 Å². The summed E-state index contributed by atoms with van der Waals surface area (Å²) >= 11 is 2.82. The predicted octanol–water partition coefficient (Wildman–Crippen LogP) is 1.93. The van der Waals surface area contributed by atoms with E-state index in [2.05, 4.69) is 22.6 Å². The molecule has 10 heavy (non-hydrogen) atoms. The van der Waals surface area contributed by atoms with Crippen molar-refractivity contribution in [2.24, 2.45) is 41.4 Å². The molecule has 0 aromatic heterocycles. The molecule has 0 spiro atoms. The zero-order valence-electron chi connectivity index (χ0n) is 5.63. The monoisotopic (exact) mass is 244 g/mol. The first kappa shape index (κ1) is 4.68. The fraction of sp³-hybridized carbons (Fsp3) is 1.00. The molecular formula is C9H9I. The van der Waals surface area contributed by atoms with Crippen molar-refractivity contribution in [3.8, 4) is 0 Å². The van der Waals surface area contributed by atoms with Gasteiger partial charge in [-0.2, -0.15) is 0 Å². The van der Waals surface area contributed by atoms with E-state index in [9.17, 15) is 0 Å². The number of alkyl halides is 1. The summed E-state index contributed by atoms with van der Waals surface area (Å²) in [6.07, 6.45) is 1.66. The van der Waals surface area contributed by atoms with Gasteiger partial charge in [-0.3, -0.25) is 0 Å². The van der Waals surface area contributed by atoms with Gasteiger partial charge in [-0.15, -0.1) is 0 Å². The van der Waals surface area contributed by atoms with E-state index in [1.807, 2.05) is 0 Å². The summed E-state index contributed by atoms with van der Waals surface area (Å²) < 4.78 is 0.917. The number of halogens is 1. The van der Waals surface area contributed by atoms with Crippen molar-refractivity contribution >= 4 is 22.6 Å². The normalized spacial score (nSPS) is 97.5. The average molecular weight is 244 g/mol. The Hall–Kier alpha value is 0.730. The maximum absolute atomic E-state index is 2.82.